The van der Waals surface area contributed by atoms with Gasteiger partial charge in [-0.2, -0.15) is 0 Å². The number of urea groups is 1. The second-order valence-electron chi connectivity index (χ2n) is 12.1. The van der Waals surface area contributed by atoms with Crippen molar-refractivity contribution in [1.29, 1.82) is 0 Å². The van der Waals surface area contributed by atoms with E-state index in [-0.39, 0.29) is 18.0 Å². The molecule has 11 nitrogen and oxygen atoms in total. The molecule has 6 rings (SSSR count). The van der Waals surface area contributed by atoms with E-state index in [2.05, 4.69) is 61.7 Å². The van der Waals surface area contributed by atoms with Crippen LogP contribution in [0.4, 0.5) is 15.6 Å². The number of thiazole rings is 1. The van der Waals surface area contributed by atoms with Gasteiger partial charge in [0.05, 0.1) is 24.9 Å². The van der Waals surface area contributed by atoms with E-state index in [1.54, 1.807) is 37.4 Å². The average molecular weight is 683 g/mol. The van der Waals surface area contributed by atoms with Crippen LogP contribution in [0.5, 0.6) is 16.6 Å². The van der Waals surface area contributed by atoms with Crippen LogP contribution in [0.2, 0.25) is 0 Å². The number of carbonyl (C=O) groups excluding carboxylic acids is 2. The SMILES string of the molecule is CCCCCNC(=O)Nc1ccc(OC)c(Oc2cnc(NC(=O)c3ccc(-n4cc(CN5CCC(O)CC5)c5ccccc54)cc3)s2)c1. The lowest BCUT2D eigenvalue weighted by atomic mass is 10.1. The van der Waals surface area contributed by atoms with E-state index in [1.807, 2.05) is 18.2 Å². The number of carbonyl (C=O) groups is 2. The zero-order chi connectivity index (χ0) is 34.2. The Morgan fingerprint density at radius 2 is 1.80 bits per heavy atom. The van der Waals surface area contributed by atoms with Gasteiger partial charge in [-0.15, -0.1) is 0 Å². The van der Waals surface area contributed by atoms with Crippen LogP contribution in [0, 0.1) is 0 Å². The Kier molecular flexibility index (Phi) is 11.1. The van der Waals surface area contributed by atoms with Crippen LogP contribution in [-0.2, 0) is 6.54 Å². The molecule has 0 aliphatic carbocycles. The Hall–Kier alpha value is -4.91. The van der Waals surface area contributed by atoms with Crippen LogP contribution in [-0.4, -0.2) is 64.3 Å². The Morgan fingerprint density at radius 1 is 1.00 bits per heavy atom. The highest BCUT2D eigenvalue weighted by atomic mass is 32.1. The van der Waals surface area contributed by atoms with Crippen LogP contribution in [0.3, 0.4) is 0 Å². The number of aliphatic hydroxyl groups excluding tert-OH is 1. The molecule has 0 radical (unpaired) electrons. The number of nitrogens with one attached hydrogen (secondary N) is 3. The predicted molar refractivity (Wildman–Crippen MR) is 193 cm³/mol. The van der Waals surface area contributed by atoms with Crippen molar-refractivity contribution in [3.63, 3.8) is 0 Å². The minimum absolute atomic E-state index is 0.199. The summed E-state index contributed by atoms with van der Waals surface area (Å²) in [5.74, 6) is 0.604. The van der Waals surface area contributed by atoms with E-state index in [1.165, 1.54) is 28.5 Å². The second kappa shape index (κ2) is 16.0. The monoisotopic (exact) mass is 682 g/mol. The van der Waals surface area contributed by atoms with E-state index < -0.39 is 0 Å². The number of para-hydroxylation sites is 1. The molecule has 49 heavy (non-hydrogen) atoms. The molecule has 0 unspecified atom stereocenters. The first-order valence-corrected chi connectivity index (χ1v) is 17.5. The largest absolute Gasteiger partial charge is 0.493 e. The Bertz CT molecular complexity index is 1880. The molecule has 0 atom stereocenters. The maximum Gasteiger partial charge on any atom is 0.319 e. The molecular weight excluding hydrogens is 641 g/mol. The number of methoxy groups -OCH3 is 1. The number of likely N-dealkylation sites (tertiary alicyclic amines) is 1. The lowest BCUT2D eigenvalue weighted by Crippen LogP contribution is -2.35. The summed E-state index contributed by atoms with van der Waals surface area (Å²) >= 11 is 1.18. The van der Waals surface area contributed by atoms with Gasteiger partial charge in [-0.05, 0) is 67.3 Å². The van der Waals surface area contributed by atoms with E-state index in [0.717, 1.165) is 62.9 Å². The van der Waals surface area contributed by atoms with Crippen molar-refractivity contribution >= 4 is 45.0 Å². The van der Waals surface area contributed by atoms with E-state index in [9.17, 15) is 14.7 Å². The number of aliphatic hydroxyl groups is 1. The molecule has 3 aromatic carbocycles. The van der Waals surface area contributed by atoms with Crippen LogP contribution in [0.25, 0.3) is 16.6 Å². The van der Waals surface area contributed by atoms with Crippen LogP contribution >= 0.6 is 11.3 Å². The maximum absolute atomic E-state index is 13.2. The van der Waals surface area contributed by atoms with Gasteiger partial charge >= 0.3 is 6.03 Å². The zero-order valence-corrected chi connectivity index (χ0v) is 28.6. The molecule has 2 aromatic heterocycles. The lowest BCUT2D eigenvalue weighted by Gasteiger charge is -2.29. The van der Waals surface area contributed by atoms with Crippen LogP contribution in [0.1, 0.15) is 54.9 Å². The third-order valence-electron chi connectivity index (χ3n) is 8.56. The summed E-state index contributed by atoms with van der Waals surface area (Å²) in [6, 6.07) is 20.7. The van der Waals surface area contributed by atoms with Crippen molar-refractivity contribution in [3.05, 3.63) is 90.3 Å². The zero-order valence-electron chi connectivity index (χ0n) is 27.8. The number of anilines is 2. The van der Waals surface area contributed by atoms with Gasteiger partial charge in [0.2, 0.25) is 5.06 Å². The van der Waals surface area contributed by atoms with E-state index in [0.29, 0.717) is 39.5 Å². The van der Waals surface area contributed by atoms with Gasteiger partial charge in [0.25, 0.3) is 5.91 Å². The number of aromatic nitrogens is 2. The van der Waals surface area contributed by atoms with Crippen molar-refractivity contribution in [2.75, 3.05) is 37.4 Å². The fraction of sp³-hybridized carbons (Fsp3) is 0.324. The number of hydrogen-bond acceptors (Lipinski definition) is 8. The van der Waals surface area contributed by atoms with Crippen molar-refractivity contribution in [1.82, 2.24) is 19.8 Å². The summed E-state index contributed by atoms with van der Waals surface area (Å²) in [4.78, 5) is 32.2. The molecular formula is C37H42N6O5S. The summed E-state index contributed by atoms with van der Waals surface area (Å²) < 4.78 is 13.7. The quantitative estimate of drug-likeness (QED) is 0.0952. The Morgan fingerprint density at radius 3 is 2.57 bits per heavy atom. The van der Waals surface area contributed by atoms with Crippen LogP contribution < -0.4 is 25.4 Å². The molecule has 1 fully saturated rings. The van der Waals surface area contributed by atoms with E-state index >= 15 is 0 Å². The normalized spacial score (nSPS) is 13.7. The number of piperidine rings is 1. The highest BCUT2D eigenvalue weighted by Crippen LogP contribution is 2.37. The van der Waals surface area contributed by atoms with Crippen molar-refractivity contribution in [3.8, 4) is 22.2 Å². The highest BCUT2D eigenvalue weighted by molar-refractivity contribution is 7.17. The number of ether oxygens (including phenoxy) is 2. The van der Waals surface area contributed by atoms with Crippen molar-refractivity contribution < 1.29 is 24.2 Å². The number of rotatable bonds is 13. The molecule has 4 N–H and O–H groups in total. The number of fused-ring (bicyclic) bond motifs is 1. The molecule has 3 amide bonds. The number of nitrogens with zero attached hydrogens (tertiary/aromatic N) is 3. The molecule has 1 aliphatic heterocycles. The molecule has 5 aromatic rings. The number of hydrogen-bond donors (Lipinski definition) is 4. The summed E-state index contributed by atoms with van der Waals surface area (Å²) in [6.07, 6.45) is 8.18. The standard InChI is InChI=1S/C37H42N6O5S/c1-3-4-7-18-38-36(46)40-27-12-15-32(47-2)33(21-27)48-34-22-39-37(49-34)41-35(45)25-10-13-28(14-11-25)43-24-26(30-8-5-6-9-31(30)43)23-42-19-16-29(44)17-20-42/h5-6,8-15,21-22,24,29,44H,3-4,7,16-20,23H2,1-2H3,(H2,38,40,46)(H,39,41,45). The Labute approximate surface area is 289 Å². The molecule has 0 spiro atoms. The molecule has 3 heterocycles. The van der Waals surface area contributed by atoms with Gasteiger partial charge in [0.1, 0.15) is 0 Å². The lowest BCUT2D eigenvalue weighted by molar-refractivity contribution is 0.0794. The smallest absolute Gasteiger partial charge is 0.319 e. The van der Waals surface area contributed by atoms with Gasteiger partial charge in [-0.25, -0.2) is 9.78 Å². The van der Waals surface area contributed by atoms with Crippen molar-refractivity contribution in [2.45, 2.75) is 51.7 Å². The topological polar surface area (TPSA) is 130 Å². The molecule has 0 bridgehead atoms. The molecule has 1 aliphatic rings. The molecule has 0 saturated carbocycles. The van der Waals surface area contributed by atoms with Gasteiger partial charge < -0.3 is 29.8 Å². The first-order valence-electron chi connectivity index (χ1n) is 16.7. The van der Waals surface area contributed by atoms with Crippen LogP contribution in [0.15, 0.2) is 79.1 Å². The van der Waals surface area contributed by atoms with Gasteiger partial charge in [0, 0.05) is 60.8 Å². The summed E-state index contributed by atoms with van der Waals surface area (Å²) in [5.41, 5.74) is 4.35. The molecule has 1 saturated heterocycles. The van der Waals surface area contributed by atoms with Gasteiger partial charge in [-0.3, -0.25) is 15.0 Å². The minimum atomic E-state index is -0.287. The highest BCUT2D eigenvalue weighted by Gasteiger charge is 2.20. The van der Waals surface area contributed by atoms with E-state index in [4.69, 9.17) is 9.47 Å². The average Bonchev–Trinajstić information content (AvgIpc) is 3.72. The summed E-state index contributed by atoms with van der Waals surface area (Å²) in [5, 5.41) is 20.5. The Balaban J connectivity index is 1.09. The van der Waals surface area contributed by atoms with Gasteiger partial charge in [0.15, 0.2) is 16.6 Å². The number of amides is 3. The van der Waals surface area contributed by atoms with Crippen molar-refractivity contribution in [2.24, 2.45) is 0 Å². The fourth-order valence-electron chi connectivity index (χ4n) is 5.91. The second-order valence-corrected chi connectivity index (χ2v) is 13.1. The third-order valence-corrected chi connectivity index (χ3v) is 9.35. The maximum atomic E-state index is 13.2. The number of unbranched alkanes of at least 4 members (excludes halogenated alkanes) is 2. The third kappa shape index (κ3) is 8.58. The first kappa shape index (κ1) is 34.0. The number of benzene rings is 3. The summed E-state index contributed by atoms with van der Waals surface area (Å²) in [6.45, 7) is 5.32. The molecule has 256 valence electrons. The fourth-order valence-corrected chi connectivity index (χ4v) is 6.59. The predicted octanol–water partition coefficient (Wildman–Crippen LogP) is 7.41. The minimum Gasteiger partial charge on any atom is -0.493 e. The van der Waals surface area contributed by atoms with Gasteiger partial charge in [-0.1, -0.05) is 49.3 Å². The first-order chi connectivity index (χ1) is 23.9. The summed E-state index contributed by atoms with van der Waals surface area (Å²) in [7, 11) is 1.54. The molecule has 12 heteroatoms.